The van der Waals surface area contributed by atoms with E-state index in [2.05, 4.69) is 5.32 Å². The van der Waals surface area contributed by atoms with Gasteiger partial charge < -0.3 is 16.2 Å². The first kappa shape index (κ1) is 10.5. The Labute approximate surface area is 78.5 Å². The van der Waals surface area contributed by atoms with E-state index in [1.807, 2.05) is 0 Å². The van der Waals surface area contributed by atoms with Gasteiger partial charge in [0.2, 0.25) is 0 Å². The molecule has 1 aliphatic heterocycles. The van der Waals surface area contributed by atoms with Crippen molar-refractivity contribution in [3.05, 3.63) is 0 Å². The molecule has 1 saturated heterocycles. The van der Waals surface area contributed by atoms with Gasteiger partial charge in [-0.1, -0.05) is 0 Å². The molecule has 1 atom stereocenters. The van der Waals surface area contributed by atoms with Crippen molar-refractivity contribution in [3.8, 4) is 0 Å². The van der Waals surface area contributed by atoms with Crippen molar-refractivity contribution in [2.75, 3.05) is 13.1 Å². The van der Waals surface area contributed by atoms with E-state index >= 15 is 0 Å². The topological polar surface area (TPSA) is 75.3 Å². The van der Waals surface area contributed by atoms with E-state index < -0.39 is 12.0 Å². The Kier molecular flexibility index (Phi) is 4.18. The quantitative estimate of drug-likeness (QED) is 0.585. The third-order valence-corrected chi connectivity index (χ3v) is 2.66. The highest BCUT2D eigenvalue weighted by atomic mass is 16.4. The van der Waals surface area contributed by atoms with Crippen LogP contribution in [0.4, 0.5) is 0 Å². The normalized spacial score (nSPS) is 21.3. The zero-order valence-corrected chi connectivity index (χ0v) is 7.83. The van der Waals surface area contributed by atoms with E-state index in [1.54, 1.807) is 0 Å². The van der Waals surface area contributed by atoms with Crippen molar-refractivity contribution in [3.63, 3.8) is 0 Å². The molecule has 0 amide bonds. The summed E-state index contributed by atoms with van der Waals surface area (Å²) < 4.78 is 0. The van der Waals surface area contributed by atoms with Crippen LogP contribution in [0.2, 0.25) is 0 Å². The fraction of sp³-hybridized carbons (Fsp3) is 0.889. The van der Waals surface area contributed by atoms with Crippen LogP contribution in [0.5, 0.6) is 0 Å². The van der Waals surface area contributed by atoms with Gasteiger partial charge in [-0.25, -0.2) is 0 Å². The highest BCUT2D eigenvalue weighted by molar-refractivity contribution is 5.72. The molecule has 0 aliphatic carbocycles. The second kappa shape index (κ2) is 5.19. The summed E-state index contributed by atoms with van der Waals surface area (Å²) >= 11 is 0. The van der Waals surface area contributed by atoms with Crippen LogP contribution in [0.1, 0.15) is 25.7 Å². The van der Waals surface area contributed by atoms with Crippen LogP contribution < -0.4 is 11.1 Å². The second-order valence-corrected chi connectivity index (χ2v) is 3.72. The summed E-state index contributed by atoms with van der Waals surface area (Å²) in [6.07, 6.45) is 3.88. The molecule has 0 aromatic rings. The lowest BCUT2D eigenvalue weighted by Crippen LogP contribution is -2.32. The lowest BCUT2D eigenvalue weighted by molar-refractivity contribution is -0.138. The average molecular weight is 186 g/mol. The number of nitrogens with one attached hydrogen (secondary N) is 1. The van der Waals surface area contributed by atoms with Crippen LogP contribution in [-0.4, -0.2) is 30.2 Å². The van der Waals surface area contributed by atoms with E-state index in [4.69, 9.17) is 10.8 Å². The summed E-state index contributed by atoms with van der Waals surface area (Å²) in [6, 6.07) is -0.671. The van der Waals surface area contributed by atoms with Crippen LogP contribution in [0.25, 0.3) is 0 Å². The van der Waals surface area contributed by atoms with Crippen molar-refractivity contribution in [2.45, 2.75) is 31.7 Å². The number of carboxylic acids is 1. The van der Waals surface area contributed by atoms with Crippen LogP contribution in [-0.2, 0) is 4.79 Å². The van der Waals surface area contributed by atoms with Gasteiger partial charge in [0.15, 0.2) is 0 Å². The SMILES string of the molecule is NC(CCC1CCNCC1)C(=O)O. The molecule has 0 saturated carbocycles. The molecule has 1 heterocycles. The van der Waals surface area contributed by atoms with Crippen LogP contribution in [0, 0.1) is 5.92 Å². The Bertz CT molecular complexity index is 167. The number of carbonyl (C=O) groups is 1. The lowest BCUT2D eigenvalue weighted by Gasteiger charge is -2.22. The van der Waals surface area contributed by atoms with E-state index in [1.165, 1.54) is 0 Å². The monoisotopic (exact) mass is 186 g/mol. The third kappa shape index (κ3) is 3.74. The minimum absolute atomic E-state index is 0.611. The maximum absolute atomic E-state index is 10.4. The number of carboxylic acid groups (broad SMARTS) is 1. The zero-order valence-electron chi connectivity index (χ0n) is 7.83. The summed E-state index contributed by atoms with van der Waals surface area (Å²) in [7, 11) is 0. The molecule has 0 spiro atoms. The highest BCUT2D eigenvalue weighted by Gasteiger charge is 2.17. The first-order valence-corrected chi connectivity index (χ1v) is 4.89. The van der Waals surface area contributed by atoms with Crippen LogP contribution in [0.15, 0.2) is 0 Å². The van der Waals surface area contributed by atoms with Gasteiger partial charge in [0.25, 0.3) is 0 Å². The van der Waals surface area contributed by atoms with Crippen molar-refractivity contribution in [1.29, 1.82) is 0 Å². The van der Waals surface area contributed by atoms with E-state index in [0.717, 1.165) is 32.4 Å². The molecule has 1 unspecified atom stereocenters. The molecule has 4 N–H and O–H groups in total. The fourth-order valence-electron chi connectivity index (χ4n) is 1.71. The van der Waals surface area contributed by atoms with Gasteiger partial charge in [0.05, 0.1) is 0 Å². The molecule has 1 rings (SSSR count). The summed E-state index contributed by atoms with van der Waals surface area (Å²) in [5.41, 5.74) is 5.42. The van der Waals surface area contributed by atoms with Gasteiger partial charge in [-0.05, 0) is 44.7 Å². The average Bonchev–Trinajstić information content (AvgIpc) is 2.15. The zero-order chi connectivity index (χ0) is 9.68. The first-order chi connectivity index (χ1) is 6.20. The summed E-state index contributed by atoms with van der Waals surface area (Å²) in [5.74, 6) is -0.208. The molecule has 4 nitrogen and oxygen atoms in total. The van der Waals surface area contributed by atoms with Crippen LogP contribution in [0.3, 0.4) is 0 Å². The Morgan fingerprint density at radius 3 is 2.69 bits per heavy atom. The Morgan fingerprint density at radius 1 is 1.54 bits per heavy atom. The largest absolute Gasteiger partial charge is 0.480 e. The number of piperidine rings is 1. The van der Waals surface area contributed by atoms with E-state index in [-0.39, 0.29) is 0 Å². The predicted molar refractivity (Wildman–Crippen MR) is 50.4 cm³/mol. The Balaban J connectivity index is 2.13. The highest BCUT2D eigenvalue weighted by Crippen LogP contribution is 2.18. The van der Waals surface area contributed by atoms with Gasteiger partial charge in [-0.2, -0.15) is 0 Å². The standard InChI is InChI=1S/C9H18N2O2/c10-8(9(12)13)2-1-7-3-5-11-6-4-7/h7-8,11H,1-6,10H2,(H,12,13). The number of hydrogen-bond acceptors (Lipinski definition) is 3. The summed E-state index contributed by atoms with van der Waals surface area (Å²) in [5, 5.41) is 11.9. The minimum atomic E-state index is -0.881. The maximum Gasteiger partial charge on any atom is 0.320 e. The molecule has 76 valence electrons. The molecule has 0 radical (unpaired) electrons. The predicted octanol–water partition coefficient (Wildman–Crippen LogP) is 0.178. The molecule has 0 aromatic heterocycles. The summed E-state index contributed by atoms with van der Waals surface area (Å²) in [6.45, 7) is 2.12. The molecule has 0 aromatic carbocycles. The molecule has 0 bridgehead atoms. The van der Waals surface area contributed by atoms with Gasteiger partial charge in [-0.3, -0.25) is 4.79 Å². The molecular weight excluding hydrogens is 168 g/mol. The van der Waals surface area contributed by atoms with E-state index in [9.17, 15) is 4.79 Å². The number of aliphatic carboxylic acids is 1. The first-order valence-electron chi connectivity index (χ1n) is 4.89. The molecule has 4 heteroatoms. The number of rotatable bonds is 4. The van der Waals surface area contributed by atoms with E-state index in [0.29, 0.717) is 12.3 Å². The smallest absolute Gasteiger partial charge is 0.320 e. The minimum Gasteiger partial charge on any atom is -0.480 e. The van der Waals surface area contributed by atoms with Gasteiger partial charge >= 0.3 is 5.97 Å². The molecular formula is C9H18N2O2. The lowest BCUT2D eigenvalue weighted by atomic mass is 9.91. The van der Waals surface area contributed by atoms with Crippen molar-refractivity contribution in [2.24, 2.45) is 11.7 Å². The fourth-order valence-corrected chi connectivity index (χ4v) is 1.71. The molecule has 13 heavy (non-hydrogen) atoms. The third-order valence-electron chi connectivity index (χ3n) is 2.66. The van der Waals surface area contributed by atoms with Gasteiger partial charge in [-0.15, -0.1) is 0 Å². The van der Waals surface area contributed by atoms with Crippen molar-refractivity contribution < 1.29 is 9.90 Å². The summed E-state index contributed by atoms with van der Waals surface area (Å²) in [4.78, 5) is 10.4. The van der Waals surface area contributed by atoms with Crippen LogP contribution >= 0.6 is 0 Å². The van der Waals surface area contributed by atoms with Crippen molar-refractivity contribution in [1.82, 2.24) is 5.32 Å². The van der Waals surface area contributed by atoms with Gasteiger partial charge in [0.1, 0.15) is 6.04 Å². The van der Waals surface area contributed by atoms with Crippen molar-refractivity contribution >= 4 is 5.97 Å². The molecule has 1 aliphatic rings. The Morgan fingerprint density at radius 2 is 2.15 bits per heavy atom. The maximum atomic E-state index is 10.4. The number of hydrogen-bond donors (Lipinski definition) is 3. The number of nitrogens with two attached hydrogens (primary N) is 1. The second-order valence-electron chi connectivity index (χ2n) is 3.72. The Hall–Kier alpha value is -0.610. The molecule has 1 fully saturated rings. The van der Waals surface area contributed by atoms with Gasteiger partial charge in [0, 0.05) is 0 Å².